The van der Waals surface area contributed by atoms with E-state index in [4.69, 9.17) is 0 Å². The first kappa shape index (κ1) is 27.8. The number of pyridine rings is 1. The minimum absolute atomic E-state index is 0.0193. The third kappa shape index (κ3) is 6.05. The number of rotatable bonds is 8. The molecule has 1 amide bonds. The van der Waals surface area contributed by atoms with Gasteiger partial charge in [0.15, 0.2) is 0 Å². The van der Waals surface area contributed by atoms with Gasteiger partial charge in [0.2, 0.25) is 5.91 Å². The summed E-state index contributed by atoms with van der Waals surface area (Å²) in [6, 6.07) is 16.8. The molecule has 1 aliphatic carbocycles. The Hall–Kier alpha value is -4.76. The molecule has 9 heteroatoms. The molecule has 0 saturated heterocycles. The zero-order chi connectivity index (χ0) is 29.3. The lowest BCUT2D eigenvalue weighted by Crippen LogP contribution is -2.23. The molecule has 4 aromatic rings. The Kier molecular flexibility index (Phi) is 7.47. The van der Waals surface area contributed by atoms with Gasteiger partial charge in [-0.3, -0.25) is 9.78 Å². The quantitative estimate of drug-likeness (QED) is 0.300. The van der Waals surface area contributed by atoms with Crippen molar-refractivity contribution in [2.45, 2.75) is 58.9 Å². The molecule has 1 atom stereocenters. The van der Waals surface area contributed by atoms with E-state index < -0.39 is 0 Å². The number of nitriles is 2. The molecular weight excluding hydrogens is 512 g/mol. The van der Waals surface area contributed by atoms with Gasteiger partial charge >= 0.3 is 0 Å². The fraction of sp³-hybridized carbons (Fsp3) is 0.375. The monoisotopic (exact) mass is 546 g/mol. The van der Waals surface area contributed by atoms with Gasteiger partial charge < -0.3 is 10.2 Å². The molecule has 1 saturated carbocycles. The van der Waals surface area contributed by atoms with Crippen molar-refractivity contribution in [3.8, 4) is 12.1 Å². The Bertz CT molecular complexity index is 1700. The largest absolute Gasteiger partial charge is 0.383 e. The first-order valence-electron chi connectivity index (χ1n) is 13.8. The lowest BCUT2D eigenvalue weighted by molar-refractivity contribution is -0.116. The number of aromatic nitrogens is 4. The van der Waals surface area contributed by atoms with Crippen LogP contribution in [0.15, 0.2) is 48.8 Å². The van der Waals surface area contributed by atoms with Crippen molar-refractivity contribution in [1.29, 1.82) is 10.5 Å². The molecule has 2 aromatic carbocycles. The standard InChI is InChI=1S/C32H34N8O/c1-20(41)39(5)26-8-6-7-22(14-26)27(29-18-40(38-37-29)25-9-10-25)12-21-11-23(15-33)30-28(13-21)31(24(16-34)17-35-30)36-19-32(2,3)4/h6-8,11,13-14,17-18,25,27H,9-10,12,19H2,1-5H3,(H,35,36)/t27-/m0/s1. The summed E-state index contributed by atoms with van der Waals surface area (Å²) in [5, 5.41) is 33.1. The number of carbonyl (C=O) groups excluding carboxylic acids is 1. The van der Waals surface area contributed by atoms with Crippen LogP contribution < -0.4 is 10.2 Å². The van der Waals surface area contributed by atoms with E-state index in [0.717, 1.165) is 40.7 Å². The van der Waals surface area contributed by atoms with Crippen molar-refractivity contribution in [2.75, 3.05) is 23.8 Å². The van der Waals surface area contributed by atoms with Crippen LogP contribution in [0.3, 0.4) is 0 Å². The fourth-order valence-electron chi connectivity index (χ4n) is 4.92. The highest BCUT2D eigenvalue weighted by atomic mass is 16.2. The number of carbonyl (C=O) groups is 1. The Labute approximate surface area is 240 Å². The summed E-state index contributed by atoms with van der Waals surface area (Å²) in [5.74, 6) is -0.229. The van der Waals surface area contributed by atoms with E-state index in [0.29, 0.717) is 41.3 Å². The zero-order valence-corrected chi connectivity index (χ0v) is 24.1. The molecule has 0 spiro atoms. The van der Waals surface area contributed by atoms with Gasteiger partial charge in [0, 0.05) is 49.9 Å². The van der Waals surface area contributed by atoms with Crippen LogP contribution >= 0.6 is 0 Å². The predicted molar refractivity (Wildman–Crippen MR) is 158 cm³/mol. The number of hydrogen-bond acceptors (Lipinski definition) is 7. The molecule has 9 nitrogen and oxygen atoms in total. The number of nitrogens with zero attached hydrogens (tertiary/aromatic N) is 7. The SMILES string of the molecule is CC(=O)N(C)c1cccc([C@H](Cc2cc(C#N)c3ncc(C#N)c(NCC(C)(C)C)c3c2)c2cn(C3CC3)nn2)c1. The molecule has 1 aliphatic rings. The van der Waals surface area contributed by atoms with Crippen LogP contribution in [-0.4, -0.2) is 39.5 Å². The van der Waals surface area contributed by atoms with Gasteiger partial charge in [0.1, 0.15) is 12.1 Å². The third-order valence-electron chi connectivity index (χ3n) is 7.45. The van der Waals surface area contributed by atoms with E-state index in [1.807, 2.05) is 47.3 Å². The van der Waals surface area contributed by atoms with E-state index in [9.17, 15) is 15.3 Å². The van der Waals surface area contributed by atoms with Crippen LogP contribution in [0, 0.1) is 28.1 Å². The number of nitrogens with one attached hydrogen (secondary N) is 1. The van der Waals surface area contributed by atoms with Crippen molar-refractivity contribution in [3.05, 3.63) is 76.7 Å². The lowest BCUT2D eigenvalue weighted by atomic mass is 9.88. The topological polar surface area (TPSA) is 124 Å². The molecular formula is C32H34N8O. The van der Waals surface area contributed by atoms with Gasteiger partial charge in [0.25, 0.3) is 0 Å². The Morgan fingerprint density at radius 2 is 1.93 bits per heavy atom. The zero-order valence-electron chi connectivity index (χ0n) is 24.1. The number of amides is 1. The second-order valence-corrected chi connectivity index (χ2v) is 12.0. The number of benzene rings is 2. The van der Waals surface area contributed by atoms with Gasteiger partial charge in [-0.1, -0.05) is 38.1 Å². The Morgan fingerprint density at radius 3 is 2.59 bits per heavy atom. The van der Waals surface area contributed by atoms with E-state index in [-0.39, 0.29) is 17.2 Å². The number of anilines is 2. The number of hydrogen-bond donors (Lipinski definition) is 1. The second-order valence-electron chi connectivity index (χ2n) is 12.0. The molecule has 41 heavy (non-hydrogen) atoms. The van der Waals surface area contributed by atoms with E-state index in [1.165, 1.54) is 6.20 Å². The fourth-order valence-corrected chi connectivity index (χ4v) is 4.92. The average molecular weight is 547 g/mol. The highest BCUT2D eigenvalue weighted by Crippen LogP contribution is 2.37. The average Bonchev–Trinajstić information content (AvgIpc) is 3.69. The molecule has 1 fully saturated rings. The minimum atomic E-state index is -0.176. The first-order valence-corrected chi connectivity index (χ1v) is 13.8. The molecule has 0 aliphatic heterocycles. The van der Waals surface area contributed by atoms with Gasteiger partial charge in [-0.25, -0.2) is 4.68 Å². The van der Waals surface area contributed by atoms with Gasteiger partial charge in [-0.15, -0.1) is 5.10 Å². The third-order valence-corrected chi connectivity index (χ3v) is 7.45. The van der Waals surface area contributed by atoms with Gasteiger partial charge in [-0.05, 0) is 60.1 Å². The smallest absolute Gasteiger partial charge is 0.223 e. The molecule has 1 N–H and O–H groups in total. The molecule has 2 heterocycles. The maximum atomic E-state index is 12.1. The maximum absolute atomic E-state index is 12.1. The summed E-state index contributed by atoms with van der Waals surface area (Å²) in [5.41, 5.74) is 5.65. The summed E-state index contributed by atoms with van der Waals surface area (Å²) >= 11 is 0. The summed E-state index contributed by atoms with van der Waals surface area (Å²) in [4.78, 5) is 18.2. The molecule has 0 radical (unpaired) electrons. The van der Waals surface area contributed by atoms with Crippen molar-refractivity contribution in [2.24, 2.45) is 5.41 Å². The summed E-state index contributed by atoms with van der Waals surface area (Å²) in [6.45, 7) is 8.56. The summed E-state index contributed by atoms with van der Waals surface area (Å²) in [6.07, 6.45) is 6.28. The van der Waals surface area contributed by atoms with E-state index in [1.54, 1.807) is 18.9 Å². The summed E-state index contributed by atoms with van der Waals surface area (Å²) in [7, 11) is 1.76. The van der Waals surface area contributed by atoms with Crippen LogP contribution in [0.1, 0.15) is 80.4 Å². The Morgan fingerprint density at radius 1 is 1.17 bits per heavy atom. The van der Waals surface area contributed by atoms with Gasteiger partial charge in [0.05, 0.1) is 34.1 Å². The molecule has 5 rings (SSSR count). The highest BCUT2D eigenvalue weighted by molar-refractivity contribution is 5.97. The predicted octanol–water partition coefficient (Wildman–Crippen LogP) is 5.72. The molecule has 0 bridgehead atoms. The van der Waals surface area contributed by atoms with Crippen molar-refractivity contribution in [3.63, 3.8) is 0 Å². The minimum Gasteiger partial charge on any atom is -0.383 e. The normalized spacial score (nSPS) is 13.8. The lowest BCUT2D eigenvalue weighted by Gasteiger charge is -2.22. The van der Waals surface area contributed by atoms with Crippen LogP contribution in [0.4, 0.5) is 11.4 Å². The van der Waals surface area contributed by atoms with Crippen LogP contribution in [0.2, 0.25) is 0 Å². The molecule has 0 unspecified atom stereocenters. The highest BCUT2D eigenvalue weighted by Gasteiger charge is 2.28. The van der Waals surface area contributed by atoms with Crippen molar-refractivity contribution in [1.82, 2.24) is 20.0 Å². The second kappa shape index (κ2) is 11.0. The maximum Gasteiger partial charge on any atom is 0.223 e. The van der Waals surface area contributed by atoms with Crippen molar-refractivity contribution < 1.29 is 4.79 Å². The molecule has 208 valence electrons. The summed E-state index contributed by atoms with van der Waals surface area (Å²) < 4.78 is 1.94. The van der Waals surface area contributed by atoms with Gasteiger partial charge in [-0.2, -0.15) is 10.5 Å². The van der Waals surface area contributed by atoms with E-state index in [2.05, 4.69) is 53.5 Å². The van der Waals surface area contributed by atoms with Crippen LogP contribution in [0.25, 0.3) is 10.9 Å². The number of fused-ring (bicyclic) bond motifs is 1. The van der Waals surface area contributed by atoms with Crippen LogP contribution in [0.5, 0.6) is 0 Å². The Balaban J connectivity index is 1.62. The van der Waals surface area contributed by atoms with Crippen LogP contribution in [-0.2, 0) is 11.2 Å². The van der Waals surface area contributed by atoms with E-state index >= 15 is 0 Å². The molecule has 2 aromatic heterocycles. The first-order chi connectivity index (χ1) is 19.6. The van der Waals surface area contributed by atoms with Crippen molar-refractivity contribution >= 4 is 28.2 Å².